The van der Waals surface area contributed by atoms with Crippen molar-refractivity contribution in [3.05, 3.63) is 45.0 Å². The summed E-state index contributed by atoms with van der Waals surface area (Å²) in [7, 11) is 0. The van der Waals surface area contributed by atoms with Crippen LogP contribution in [0.1, 0.15) is 30.1 Å². The smallest absolute Gasteiger partial charge is 0.147 e. The Morgan fingerprint density at radius 2 is 2.10 bits per heavy atom. The third-order valence-corrected chi connectivity index (χ3v) is 4.09. The van der Waals surface area contributed by atoms with E-state index in [1.165, 1.54) is 6.07 Å². The van der Waals surface area contributed by atoms with Crippen molar-refractivity contribution < 1.29 is 4.39 Å². The number of hydrogen-bond acceptors (Lipinski definition) is 3. The lowest BCUT2D eigenvalue weighted by Gasteiger charge is -2.12. The van der Waals surface area contributed by atoms with Gasteiger partial charge in [-0.1, -0.05) is 27.5 Å². The van der Waals surface area contributed by atoms with Crippen LogP contribution in [0.4, 0.5) is 15.9 Å². The minimum absolute atomic E-state index is 0.346. The molecule has 6 heteroatoms. The third-order valence-electron chi connectivity index (χ3n) is 3.23. The van der Waals surface area contributed by atoms with E-state index in [1.807, 2.05) is 6.92 Å². The Balaban J connectivity index is 1.97. The maximum Gasteiger partial charge on any atom is 0.147 e. The summed E-state index contributed by atoms with van der Waals surface area (Å²) in [5, 5.41) is 3.42. The second-order valence-electron chi connectivity index (χ2n) is 4.87. The molecule has 3 nitrogen and oxygen atoms in total. The van der Waals surface area contributed by atoms with E-state index in [4.69, 9.17) is 11.6 Å². The lowest BCUT2D eigenvalue weighted by atomic mass is 10.2. The summed E-state index contributed by atoms with van der Waals surface area (Å²) >= 11 is 9.36. The molecule has 3 rings (SSSR count). The molecule has 1 saturated carbocycles. The maximum absolute atomic E-state index is 13.9. The van der Waals surface area contributed by atoms with Gasteiger partial charge in [0, 0.05) is 16.0 Å². The summed E-state index contributed by atoms with van der Waals surface area (Å²) in [5.74, 6) is 1.35. The number of nitrogens with one attached hydrogen (secondary N) is 1. The van der Waals surface area contributed by atoms with Crippen LogP contribution in [-0.4, -0.2) is 9.97 Å². The molecule has 20 heavy (non-hydrogen) atoms. The first-order valence-corrected chi connectivity index (χ1v) is 7.48. The fourth-order valence-corrected chi connectivity index (χ4v) is 2.38. The van der Waals surface area contributed by atoms with Gasteiger partial charge >= 0.3 is 0 Å². The highest BCUT2D eigenvalue weighted by atomic mass is 79.9. The van der Waals surface area contributed by atoms with Gasteiger partial charge in [0.15, 0.2) is 0 Å². The highest BCUT2D eigenvalue weighted by molar-refractivity contribution is 9.10. The standard InChI is InChI=1S/C14H12BrClFN3/c1-7-12(16)19-14(8-2-3-8)20-13(7)18-11-5-4-9(15)6-10(11)17/h4-6,8H,2-3H2,1H3,(H,18,19,20). The van der Waals surface area contributed by atoms with Crippen LogP contribution in [-0.2, 0) is 0 Å². The van der Waals surface area contributed by atoms with E-state index in [0.29, 0.717) is 27.0 Å². The van der Waals surface area contributed by atoms with Gasteiger partial charge in [0.25, 0.3) is 0 Å². The second-order valence-corrected chi connectivity index (χ2v) is 6.14. The highest BCUT2D eigenvalue weighted by Gasteiger charge is 2.28. The number of anilines is 2. The zero-order valence-corrected chi connectivity index (χ0v) is 13.1. The summed E-state index contributed by atoms with van der Waals surface area (Å²) in [5.41, 5.74) is 1.09. The molecule has 0 bridgehead atoms. The molecule has 2 aromatic rings. The Labute approximate surface area is 129 Å². The molecular weight excluding hydrogens is 345 g/mol. The Bertz CT molecular complexity index is 674. The minimum atomic E-state index is -0.346. The van der Waals surface area contributed by atoms with Crippen LogP contribution in [0, 0.1) is 12.7 Å². The van der Waals surface area contributed by atoms with E-state index in [2.05, 4.69) is 31.2 Å². The third kappa shape index (κ3) is 2.79. The van der Waals surface area contributed by atoms with Crippen LogP contribution in [0.25, 0.3) is 0 Å². The van der Waals surface area contributed by atoms with E-state index >= 15 is 0 Å². The van der Waals surface area contributed by atoms with Crippen molar-refractivity contribution in [3.63, 3.8) is 0 Å². The van der Waals surface area contributed by atoms with E-state index in [9.17, 15) is 4.39 Å². The number of rotatable bonds is 3. The van der Waals surface area contributed by atoms with Gasteiger partial charge in [-0.15, -0.1) is 0 Å². The van der Waals surface area contributed by atoms with Crippen LogP contribution in [0.15, 0.2) is 22.7 Å². The molecular formula is C14H12BrClFN3. The largest absolute Gasteiger partial charge is 0.337 e. The molecule has 0 radical (unpaired) electrons. The molecule has 0 aliphatic heterocycles. The van der Waals surface area contributed by atoms with Crippen LogP contribution in [0.2, 0.25) is 5.15 Å². The Hall–Kier alpha value is -1.20. The summed E-state index contributed by atoms with van der Waals surface area (Å²) in [6.45, 7) is 1.82. The van der Waals surface area contributed by atoms with Crippen LogP contribution >= 0.6 is 27.5 Å². The first-order valence-electron chi connectivity index (χ1n) is 6.30. The van der Waals surface area contributed by atoms with Gasteiger partial charge in [-0.3, -0.25) is 0 Å². The molecule has 0 atom stereocenters. The van der Waals surface area contributed by atoms with E-state index in [-0.39, 0.29) is 5.82 Å². The monoisotopic (exact) mass is 355 g/mol. The van der Waals surface area contributed by atoms with Gasteiger partial charge in [-0.2, -0.15) is 0 Å². The summed E-state index contributed by atoms with van der Waals surface area (Å²) in [6.07, 6.45) is 2.18. The van der Waals surface area contributed by atoms with Crippen molar-refractivity contribution in [1.82, 2.24) is 9.97 Å². The molecule has 1 aromatic heterocycles. The fraction of sp³-hybridized carbons (Fsp3) is 0.286. The molecule has 0 spiro atoms. The normalized spacial score (nSPS) is 14.4. The molecule has 0 unspecified atom stereocenters. The van der Waals surface area contributed by atoms with Gasteiger partial charge in [-0.25, -0.2) is 14.4 Å². The number of aromatic nitrogens is 2. The Kier molecular flexibility index (Phi) is 3.65. The molecule has 1 aromatic carbocycles. The van der Waals surface area contributed by atoms with Crippen molar-refractivity contribution in [3.8, 4) is 0 Å². The predicted molar refractivity (Wildman–Crippen MR) is 81.1 cm³/mol. The van der Waals surface area contributed by atoms with Crippen molar-refractivity contribution >= 4 is 39.0 Å². The molecule has 1 N–H and O–H groups in total. The molecule has 1 heterocycles. The van der Waals surface area contributed by atoms with Crippen molar-refractivity contribution in [1.29, 1.82) is 0 Å². The average Bonchev–Trinajstić information content (AvgIpc) is 3.22. The zero-order valence-electron chi connectivity index (χ0n) is 10.8. The average molecular weight is 357 g/mol. The zero-order chi connectivity index (χ0) is 14.3. The fourth-order valence-electron chi connectivity index (χ4n) is 1.87. The van der Waals surface area contributed by atoms with E-state index in [1.54, 1.807) is 12.1 Å². The van der Waals surface area contributed by atoms with Crippen molar-refractivity contribution in [2.75, 3.05) is 5.32 Å². The molecule has 0 saturated heterocycles. The molecule has 104 valence electrons. The van der Waals surface area contributed by atoms with Crippen LogP contribution < -0.4 is 5.32 Å². The predicted octanol–water partition coefficient (Wildman–Crippen LogP) is 4.96. The van der Waals surface area contributed by atoms with E-state index < -0.39 is 0 Å². The minimum Gasteiger partial charge on any atom is -0.337 e. The molecule has 0 amide bonds. The molecule has 1 aliphatic carbocycles. The maximum atomic E-state index is 13.9. The van der Waals surface area contributed by atoms with Crippen LogP contribution in [0.5, 0.6) is 0 Å². The van der Waals surface area contributed by atoms with Crippen molar-refractivity contribution in [2.24, 2.45) is 0 Å². The van der Waals surface area contributed by atoms with Gasteiger partial charge in [0.05, 0.1) is 5.69 Å². The number of halogens is 3. The topological polar surface area (TPSA) is 37.8 Å². The SMILES string of the molecule is Cc1c(Cl)nc(C2CC2)nc1Nc1ccc(Br)cc1F. The van der Waals surface area contributed by atoms with E-state index in [0.717, 1.165) is 24.2 Å². The number of hydrogen-bond donors (Lipinski definition) is 1. The second kappa shape index (κ2) is 5.30. The molecule has 1 aliphatic rings. The summed E-state index contributed by atoms with van der Waals surface area (Å²) in [6, 6.07) is 4.83. The number of benzene rings is 1. The van der Waals surface area contributed by atoms with Gasteiger partial charge in [0.1, 0.15) is 22.6 Å². The summed E-state index contributed by atoms with van der Waals surface area (Å²) < 4.78 is 14.6. The van der Waals surface area contributed by atoms with Gasteiger partial charge < -0.3 is 5.32 Å². The van der Waals surface area contributed by atoms with Crippen molar-refractivity contribution in [2.45, 2.75) is 25.7 Å². The lowest BCUT2D eigenvalue weighted by molar-refractivity contribution is 0.631. The first-order chi connectivity index (χ1) is 9.54. The Morgan fingerprint density at radius 1 is 1.35 bits per heavy atom. The number of nitrogens with zero attached hydrogens (tertiary/aromatic N) is 2. The highest BCUT2D eigenvalue weighted by Crippen LogP contribution is 2.39. The first kappa shape index (κ1) is 13.8. The van der Waals surface area contributed by atoms with Gasteiger partial charge in [-0.05, 0) is 38.0 Å². The van der Waals surface area contributed by atoms with Crippen LogP contribution in [0.3, 0.4) is 0 Å². The summed E-state index contributed by atoms with van der Waals surface area (Å²) in [4.78, 5) is 8.76. The quantitative estimate of drug-likeness (QED) is 0.790. The lowest BCUT2D eigenvalue weighted by Crippen LogP contribution is -2.04. The molecule has 1 fully saturated rings. The van der Waals surface area contributed by atoms with Gasteiger partial charge in [0.2, 0.25) is 0 Å². The Morgan fingerprint density at radius 3 is 2.75 bits per heavy atom.